The molecule has 4 heterocycles. The summed E-state index contributed by atoms with van der Waals surface area (Å²) in [6, 6.07) is 8.66. The molecule has 0 aliphatic carbocycles. The zero-order valence-electron chi connectivity index (χ0n) is 23.1. The van der Waals surface area contributed by atoms with Gasteiger partial charge in [-0.3, -0.25) is 9.59 Å². The quantitative estimate of drug-likeness (QED) is 0.378. The van der Waals surface area contributed by atoms with Crippen LogP contribution in [-0.4, -0.2) is 70.0 Å². The number of β-amino-alcohol motifs (C(OH)–C–C–N with tert-alkyl or cyclic N) is 1. The van der Waals surface area contributed by atoms with Crippen LogP contribution in [0.4, 0.5) is 5.82 Å². The Balaban J connectivity index is 1.27. The average Bonchev–Trinajstić information content (AvgIpc) is 3.63. The van der Waals surface area contributed by atoms with Crippen LogP contribution in [0, 0.1) is 18.8 Å². The Kier molecular flexibility index (Phi) is 8.04. The van der Waals surface area contributed by atoms with Gasteiger partial charge < -0.3 is 29.5 Å². The number of aryl methyl sites for hydroxylation is 1. The number of aldehydes is 1. The van der Waals surface area contributed by atoms with E-state index < -0.39 is 18.1 Å². The third-order valence-electron chi connectivity index (χ3n) is 7.82. The van der Waals surface area contributed by atoms with Gasteiger partial charge in [-0.15, -0.1) is 11.3 Å². The van der Waals surface area contributed by atoms with Crippen molar-refractivity contribution in [3.63, 3.8) is 0 Å². The molecule has 5 rings (SSSR count). The number of nitrogens with one attached hydrogen (secondary N) is 1. The van der Waals surface area contributed by atoms with Gasteiger partial charge in [-0.05, 0) is 30.9 Å². The molecule has 2 aliphatic heterocycles. The van der Waals surface area contributed by atoms with E-state index in [4.69, 9.17) is 4.52 Å². The van der Waals surface area contributed by atoms with Gasteiger partial charge in [0.2, 0.25) is 11.8 Å². The van der Waals surface area contributed by atoms with Gasteiger partial charge in [0.1, 0.15) is 18.2 Å². The summed E-state index contributed by atoms with van der Waals surface area (Å²) < 4.78 is 5.59. The molecule has 2 fully saturated rings. The van der Waals surface area contributed by atoms with Crippen molar-refractivity contribution in [3.8, 4) is 10.4 Å². The number of amides is 2. The normalized spacial score (nSPS) is 20.9. The van der Waals surface area contributed by atoms with E-state index in [1.165, 1.54) is 4.90 Å². The van der Waals surface area contributed by atoms with Crippen molar-refractivity contribution >= 4 is 35.3 Å². The van der Waals surface area contributed by atoms with E-state index in [0.717, 1.165) is 28.0 Å². The SMILES string of the molecule is Cc1ncsc1-c1ccc([C@H](C)NC(=O)C2CC(O)CN2C(=O)[C@H](c2cc(N3CC(C=O)C3)no2)C(C)C)cc1. The highest BCUT2D eigenvalue weighted by atomic mass is 32.1. The van der Waals surface area contributed by atoms with Crippen molar-refractivity contribution in [2.45, 2.75) is 58.2 Å². The molecule has 2 unspecified atom stereocenters. The van der Waals surface area contributed by atoms with Crippen LogP contribution < -0.4 is 10.2 Å². The third-order valence-corrected chi connectivity index (χ3v) is 8.80. The monoisotopic (exact) mass is 565 g/mol. The lowest BCUT2D eigenvalue weighted by molar-refractivity contribution is -0.141. The number of benzene rings is 1. The van der Waals surface area contributed by atoms with Crippen molar-refractivity contribution < 1.29 is 24.0 Å². The fourth-order valence-electron chi connectivity index (χ4n) is 5.48. The van der Waals surface area contributed by atoms with Gasteiger partial charge in [0.15, 0.2) is 11.6 Å². The largest absolute Gasteiger partial charge is 0.391 e. The van der Waals surface area contributed by atoms with E-state index in [9.17, 15) is 19.5 Å². The molecule has 212 valence electrons. The van der Waals surface area contributed by atoms with Gasteiger partial charge >= 0.3 is 0 Å². The van der Waals surface area contributed by atoms with Gasteiger partial charge in [0.05, 0.1) is 28.2 Å². The smallest absolute Gasteiger partial charge is 0.243 e. The maximum Gasteiger partial charge on any atom is 0.243 e. The fraction of sp³-hybridized carbons (Fsp3) is 0.483. The van der Waals surface area contributed by atoms with Crippen LogP contribution in [0.1, 0.15) is 56.2 Å². The highest BCUT2D eigenvalue weighted by Gasteiger charge is 2.43. The Labute approximate surface area is 237 Å². The molecule has 0 saturated carbocycles. The second kappa shape index (κ2) is 11.5. The Bertz CT molecular complexity index is 1360. The summed E-state index contributed by atoms with van der Waals surface area (Å²) in [6.07, 6.45) is 0.305. The summed E-state index contributed by atoms with van der Waals surface area (Å²) in [7, 11) is 0. The van der Waals surface area contributed by atoms with Crippen LogP contribution >= 0.6 is 11.3 Å². The predicted octanol–water partition coefficient (Wildman–Crippen LogP) is 3.32. The highest BCUT2D eigenvalue weighted by molar-refractivity contribution is 7.13. The number of aromatic nitrogens is 2. The van der Waals surface area contributed by atoms with Crippen molar-refractivity contribution in [2.24, 2.45) is 11.8 Å². The number of carbonyl (C=O) groups excluding carboxylic acids is 3. The van der Waals surface area contributed by atoms with Crippen LogP contribution in [-0.2, 0) is 14.4 Å². The highest BCUT2D eigenvalue weighted by Crippen LogP contribution is 2.34. The van der Waals surface area contributed by atoms with Crippen molar-refractivity contribution in [1.82, 2.24) is 20.4 Å². The molecule has 2 saturated heterocycles. The van der Waals surface area contributed by atoms with Gasteiger partial charge in [-0.25, -0.2) is 4.98 Å². The second-order valence-electron chi connectivity index (χ2n) is 11.1. The number of rotatable bonds is 9. The topological polar surface area (TPSA) is 129 Å². The van der Waals surface area contributed by atoms with Crippen LogP contribution in [0.3, 0.4) is 0 Å². The third kappa shape index (κ3) is 5.53. The first kappa shape index (κ1) is 28.0. The van der Waals surface area contributed by atoms with E-state index in [1.54, 1.807) is 17.4 Å². The average molecular weight is 566 g/mol. The number of hydrogen-bond acceptors (Lipinski definition) is 9. The molecule has 3 aromatic rings. The summed E-state index contributed by atoms with van der Waals surface area (Å²) in [5.74, 6) is -0.390. The summed E-state index contributed by atoms with van der Waals surface area (Å²) in [5.41, 5.74) is 4.82. The minimum absolute atomic E-state index is 0.0177. The van der Waals surface area contributed by atoms with Crippen LogP contribution in [0.5, 0.6) is 0 Å². The number of nitrogens with zero attached hydrogens (tertiary/aromatic N) is 4. The van der Waals surface area contributed by atoms with Crippen molar-refractivity contribution in [3.05, 3.63) is 52.9 Å². The van der Waals surface area contributed by atoms with E-state index in [1.807, 2.05) is 62.4 Å². The van der Waals surface area contributed by atoms with E-state index >= 15 is 0 Å². The molecular weight excluding hydrogens is 530 g/mol. The van der Waals surface area contributed by atoms with Crippen molar-refractivity contribution in [1.29, 1.82) is 0 Å². The maximum atomic E-state index is 13.8. The predicted molar refractivity (Wildman–Crippen MR) is 151 cm³/mol. The first-order chi connectivity index (χ1) is 19.2. The van der Waals surface area contributed by atoms with Crippen LogP contribution in [0.15, 0.2) is 40.4 Å². The van der Waals surface area contributed by atoms with Gasteiger partial charge in [0, 0.05) is 38.0 Å². The molecule has 2 amide bonds. The van der Waals surface area contributed by atoms with Crippen LogP contribution in [0.25, 0.3) is 10.4 Å². The lowest BCUT2D eigenvalue weighted by Crippen LogP contribution is -2.48. The number of carbonyl (C=O) groups is 3. The molecule has 40 heavy (non-hydrogen) atoms. The number of hydrogen-bond donors (Lipinski definition) is 2. The summed E-state index contributed by atoms with van der Waals surface area (Å²) in [4.78, 5) is 47.0. The lowest BCUT2D eigenvalue weighted by atomic mass is 9.91. The molecule has 0 bridgehead atoms. The Morgan fingerprint density at radius 3 is 2.52 bits per heavy atom. The molecule has 2 aliphatic rings. The molecular formula is C29H35N5O5S. The first-order valence-electron chi connectivity index (χ1n) is 13.6. The molecule has 0 spiro atoms. The standard InChI is InChI=1S/C29H35N5O5S/c1-16(2)26(24-10-25(32-39-24)33-11-19(12-33)14-35)29(38)34-13-22(36)9-23(34)28(37)31-17(3)20-5-7-21(8-6-20)27-18(4)30-15-40-27/h5-8,10,14-17,19,22-23,26,36H,9,11-13H2,1-4H3,(H,31,37)/t17-,22?,23?,26-/m0/s1. The first-order valence-corrected chi connectivity index (χ1v) is 14.5. The number of thiazole rings is 1. The fourth-order valence-corrected chi connectivity index (χ4v) is 6.29. The summed E-state index contributed by atoms with van der Waals surface area (Å²) >= 11 is 1.59. The minimum atomic E-state index is -0.795. The molecule has 11 heteroatoms. The van der Waals surface area contributed by atoms with Gasteiger partial charge in [0.25, 0.3) is 0 Å². The Hall–Kier alpha value is -3.57. The van der Waals surface area contributed by atoms with E-state index in [-0.39, 0.29) is 42.7 Å². The lowest BCUT2D eigenvalue weighted by Gasteiger charge is -2.35. The van der Waals surface area contributed by atoms with Crippen LogP contribution in [0.2, 0.25) is 0 Å². The summed E-state index contributed by atoms with van der Waals surface area (Å²) in [6.45, 7) is 8.93. The van der Waals surface area contributed by atoms with E-state index in [2.05, 4.69) is 15.5 Å². The molecule has 4 atom stereocenters. The second-order valence-corrected chi connectivity index (χ2v) is 12.0. The molecule has 10 nitrogen and oxygen atoms in total. The minimum Gasteiger partial charge on any atom is -0.391 e. The zero-order valence-corrected chi connectivity index (χ0v) is 23.9. The van der Waals surface area contributed by atoms with Crippen molar-refractivity contribution in [2.75, 3.05) is 24.5 Å². The van der Waals surface area contributed by atoms with Gasteiger partial charge in [-0.1, -0.05) is 43.3 Å². The number of likely N-dealkylation sites (tertiary alicyclic amines) is 1. The Morgan fingerprint density at radius 2 is 1.90 bits per heavy atom. The molecule has 0 radical (unpaired) electrons. The maximum absolute atomic E-state index is 13.8. The molecule has 1 aromatic carbocycles. The molecule has 2 N–H and O–H groups in total. The van der Waals surface area contributed by atoms with E-state index in [0.29, 0.717) is 24.7 Å². The number of anilines is 1. The number of aliphatic hydroxyl groups is 1. The van der Waals surface area contributed by atoms with Gasteiger partial charge in [-0.2, -0.15) is 0 Å². The Morgan fingerprint density at radius 1 is 1.18 bits per heavy atom. The summed E-state index contributed by atoms with van der Waals surface area (Å²) in [5, 5.41) is 17.6. The number of aliphatic hydroxyl groups excluding tert-OH is 1. The zero-order chi connectivity index (χ0) is 28.6. The molecule has 2 aromatic heterocycles.